The van der Waals surface area contributed by atoms with Gasteiger partial charge in [0.1, 0.15) is 13.2 Å². The van der Waals surface area contributed by atoms with Crippen LogP contribution in [0.2, 0.25) is 0 Å². The van der Waals surface area contributed by atoms with Crippen molar-refractivity contribution < 1.29 is 35.4 Å². The Morgan fingerprint density at radius 2 is 1.80 bits per heavy atom. The fourth-order valence-corrected chi connectivity index (χ4v) is 2.00. The molecule has 1 aromatic rings. The number of aliphatic hydroxyl groups excluding tert-OH is 3. The lowest BCUT2D eigenvalue weighted by atomic mass is 9.99. The van der Waals surface area contributed by atoms with Crippen molar-refractivity contribution in [3.05, 3.63) is 28.7 Å². The number of aliphatic hydroxyl groups is 3. The highest BCUT2D eigenvalue weighted by atomic mass is 16.5. The van der Waals surface area contributed by atoms with Crippen LogP contribution >= 0.6 is 0 Å². The minimum Gasteiger partial charge on any atom is -0.506 e. The van der Waals surface area contributed by atoms with Gasteiger partial charge in [-0.3, -0.25) is 0 Å². The molecular weight excluding hydrogens is 268 g/mol. The van der Waals surface area contributed by atoms with E-state index in [-0.39, 0.29) is 17.9 Å². The lowest BCUT2D eigenvalue weighted by Gasteiger charge is -2.10. The molecule has 0 radical (unpaired) electrons. The van der Waals surface area contributed by atoms with Crippen molar-refractivity contribution in [1.82, 2.24) is 0 Å². The predicted octanol–water partition coefficient (Wildman–Crippen LogP) is 1.21. The van der Waals surface area contributed by atoms with E-state index in [1.807, 2.05) is 0 Å². The molecule has 0 aromatic heterocycles. The van der Waals surface area contributed by atoms with Crippen LogP contribution in [0.4, 0.5) is 0 Å². The number of hydrogen-bond acceptors (Lipinski definition) is 7. The van der Waals surface area contributed by atoms with E-state index < -0.39 is 35.4 Å². The normalized spacial score (nSPS) is 16.8. The van der Waals surface area contributed by atoms with Crippen LogP contribution in [0, 0.1) is 6.92 Å². The molecule has 0 amide bonds. The van der Waals surface area contributed by atoms with Crippen LogP contribution in [0.1, 0.15) is 11.1 Å². The van der Waals surface area contributed by atoms with E-state index >= 15 is 0 Å². The number of aromatic hydroxyl groups is 3. The quantitative estimate of drug-likeness (QED) is 0.355. The molecule has 7 nitrogen and oxygen atoms in total. The zero-order valence-corrected chi connectivity index (χ0v) is 10.6. The van der Waals surface area contributed by atoms with Gasteiger partial charge in [-0.15, -0.1) is 0 Å². The molecule has 1 aromatic carbocycles. The third-order valence-corrected chi connectivity index (χ3v) is 3.07. The van der Waals surface area contributed by atoms with E-state index in [1.54, 1.807) is 0 Å². The SMILES string of the molecule is Cc1c(O)c(O)c(O)c2c1/C(=C/C(O)=C(/O)CO)CO2. The summed E-state index contributed by atoms with van der Waals surface area (Å²) >= 11 is 0. The number of ether oxygens (including phenoxy) is 1. The van der Waals surface area contributed by atoms with E-state index in [9.17, 15) is 25.5 Å². The third-order valence-electron chi connectivity index (χ3n) is 3.07. The number of allylic oxidation sites excluding steroid dienone is 1. The Labute approximate surface area is 113 Å². The Bertz CT molecular complexity index is 628. The van der Waals surface area contributed by atoms with Gasteiger partial charge in [-0.2, -0.15) is 0 Å². The first kappa shape index (κ1) is 13.9. The molecule has 0 fully saturated rings. The maximum atomic E-state index is 9.70. The molecule has 0 spiro atoms. The Morgan fingerprint density at radius 1 is 1.15 bits per heavy atom. The maximum absolute atomic E-state index is 9.70. The minimum atomic E-state index is -0.728. The van der Waals surface area contributed by atoms with Crippen molar-refractivity contribution in [2.45, 2.75) is 6.92 Å². The number of phenolic OH excluding ortho intramolecular Hbond substituents is 3. The first-order valence-corrected chi connectivity index (χ1v) is 5.71. The zero-order chi connectivity index (χ0) is 15.0. The van der Waals surface area contributed by atoms with Crippen LogP contribution in [-0.4, -0.2) is 43.9 Å². The number of hydrogen-bond donors (Lipinski definition) is 6. The second kappa shape index (κ2) is 4.86. The van der Waals surface area contributed by atoms with Gasteiger partial charge in [-0.1, -0.05) is 0 Å². The van der Waals surface area contributed by atoms with Gasteiger partial charge in [0.25, 0.3) is 0 Å². The summed E-state index contributed by atoms with van der Waals surface area (Å²) in [5.41, 5.74) is 0.950. The molecular formula is C13H14O7. The number of rotatable bonds is 2. The zero-order valence-electron chi connectivity index (χ0n) is 10.6. The van der Waals surface area contributed by atoms with Crippen molar-refractivity contribution >= 4 is 5.57 Å². The molecule has 1 aliphatic heterocycles. The Morgan fingerprint density at radius 3 is 2.40 bits per heavy atom. The van der Waals surface area contributed by atoms with Crippen molar-refractivity contribution in [1.29, 1.82) is 0 Å². The molecule has 0 atom stereocenters. The van der Waals surface area contributed by atoms with Crippen LogP contribution in [0.5, 0.6) is 23.0 Å². The van der Waals surface area contributed by atoms with Crippen LogP contribution in [0.3, 0.4) is 0 Å². The summed E-state index contributed by atoms with van der Waals surface area (Å²) in [6.45, 7) is 0.742. The molecule has 20 heavy (non-hydrogen) atoms. The fourth-order valence-electron chi connectivity index (χ4n) is 2.00. The van der Waals surface area contributed by atoms with Gasteiger partial charge in [0.05, 0.1) is 0 Å². The van der Waals surface area contributed by atoms with E-state index in [4.69, 9.17) is 9.84 Å². The standard InChI is InChI=1S/C13H14O7/c1-5-9-6(2-7(15)8(16)3-14)4-20-13(9)12(19)11(18)10(5)17/h2,14-19H,3-4H2,1H3/b6-2+,8-7-. The van der Waals surface area contributed by atoms with Gasteiger partial charge >= 0.3 is 0 Å². The number of phenols is 3. The summed E-state index contributed by atoms with van der Waals surface area (Å²) < 4.78 is 5.21. The second-order valence-corrected chi connectivity index (χ2v) is 4.32. The number of fused-ring (bicyclic) bond motifs is 1. The molecule has 0 unspecified atom stereocenters. The highest BCUT2D eigenvalue weighted by Crippen LogP contribution is 2.52. The van der Waals surface area contributed by atoms with Gasteiger partial charge in [-0.25, -0.2) is 0 Å². The summed E-state index contributed by atoms with van der Waals surface area (Å²) in [5, 5.41) is 56.4. The molecule has 0 saturated carbocycles. The first-order valence-electron chi connectivity index (χ1n) is 5.71. The van der Waals surface area contributed by atoms with Gasteiger partial charge < -0.3 is 35.4 Å². The van der Waals surface area contributed by atoms with Crippen molar-refractivity contribution in [2.75, 3.05) is 13.2 Å². The van der Waals surface area contributed by atoms with Crippen LogP contribution in [-0.2, 0) is 0 Å². The number of benzene rings is 1. The summed E-state index contributed by atoms with van der Waals surface area (Å²) in [5.74, 6) is -2.95. The molecule has 0 aliphatic carbocycles. The Balaban J connectivity index is 2.62. The lowest BCUT2D eigenvalue weighted by molar-refractivity contribution is 0.232. The molecule has 1 aliphatic rings. The van der Waals surface area contributed by atoms with Crippen molar-refractivity contribution in [3.63, 3.8) is 0 Å². The smallest absolute Gasteiger partial charge is 0.205 e. The third kappa shape index (κ3) is 1.97. The van der Waals surface area contributed by atoms with E-state index in [2.05, 4.69) is 0 Å². The maximum Gasteiger partial charge on any atom is 0.205 e. The van der Waals surface area contributed by atoms with E-state index in [0.717, 1.165) is 6.08 Å². The van der Waals surface area contributed by atoms with Gasteiger partial charge in [0, 0.05) is 16.7 Å². The van der Waals surface area contributed by atoms with Crippen LogP contribution in [0.25, 0.3) is 5.57 Å². The fraction of sp³-hybridized carbons (Fsp3) is 0.231. The topological polar surface area (TPSA) is 131 Å². The minimum absolute atomic E-state index is 0.0136. The largest absolute Gasteiger partial charge is 0.506 e. The highest BCUT2D eigenvalue weighted by Gasteiger charge is 2.29. The van der Waals surface area contributed by atoms with E-state index in [1.165, 1.54) is 6.92 Å². The molecule has 2 rings (SSSR count). The Hall–Kier alpha value is -2.54. The monoisotopic (exact) mass is 282 g/mol. The van der Waals surface area contributed by atoms with Crippen LogP contribution in [0.15, 0.2) is 17.6 Å². The molecule has 108 valence electrons. The summed E-state index contributed by atoms with van der Waals surface area (Å²) in [6, 6.07) is 0. The first-order chi connectivity index (χ1) is 9.38. The van der Waals surface area contributed by atoms with Gasteiger partial charge in [0.15, 0.2) is 23.0 Å². The average molecular weight is 282 g/mol. The summed E-state index contributed by atoms with van der Waals surface area (Å²) in [4.78, 5) is 0. The summed E-state index contributed by atoms with van der Waals surface area (Å²) in [6.07, 6.45) is 1.15. The molecule has 1 heterocycles. The van der Waals surface area contributed by atoms with Crippen molar-refractivity contribution in [3.8, 4) is 23.0 Å². The predicted molar refractivity (Wildman–Crippen MR) is 69.0 cm³/mol. The van der Waals surface area contributed by atoms with Crippen LogP contribution < -0.4 is 4.74 Å². The second-order valence-electron chi connectivity index (χ2n) is 4.32. The molecule has 6 N–H and O–H groups in total. The molecule has 7 heteroatoms. The average Bonchev–Trinajstić information content (AvgIpc) is 2.85. The van der Waals surface area contributed by atoms with Gasteiger partial charge in [-0.05, 0) is 13.0 Å². The van der Waals surface area contributed by atoms with Gasteiger partial charge in [0.2, 0.25) is 11.5 Å². The highest BCUT2D eigenvalue weighted by molar-refractivity contribution is 5.84. The summed E-state index contributed by atoms with van der Waals surface area (Å²) in [7, 11) is 0. The molecule has 0 bridgehead atoms. The Kier molecular flexibility index (Phi) is 3.37. The van der Waals surface area contributed by atoms with E-state index in [0.29, 0.717) is 11.1 Å². The lowest BCUT2D eigenvalue weighted by Crippen LogP contribution is -1.96. The molecule has 0 saturated heterocycles. The van der Waals surface area contributed by atoms with Crippen molar-refractivity contribution in [2.24, 2.45) is 0 Å².